The summed E-state index contributed by atoms with van der Waals surface area (Å²) in [5.74, 6) is 4.80. The van der Waals surface area contributed by atoms with Gasteiger partial charge in [-0.3, -0.25) is 0 Å². The molecule has 5 rings (SSSR count). The molecule has 6 bridgehead atoms. The molecule has 2 unspecified atom stereocenters. The molecule has 0 aliphatic carbocycles. The number of fused-ring (bicyclic) bond motifs is 10. The molecule has 0 aromatic heterocycles. The van der Waals surface area contributed by atoms with Gasteiger partial charge in [0, 0.05) is 19.6 Å². The third kappa shape index (κ3) is 8.68. The highest BCUT2D eigenvalue weighted by atomic mass is 15.1. The largest absolute Gasteiger partial charge is 0.303 e. The maximum absolute atomic E-state index is 2.94. The van der Waals surface area contributed by atoms with E-state index in [9.17, 15) is 0 Å². The van der Waals surface area contributed by atoms with Crippen molar-refractivity contribution in [1.82, 2.24) is 9.80 Å². The van der Waals surface area contributed by atoms with Crippen LogP contribution in [-0.4, -0.2) is 49.1 Å². The average Bonchev–Trinajstić information content (AvgIpc) is 2.82. The first-order valence-electron chi connectivity index (χ1n) is 15.4. The van der Waals surface area contributed by atoms with Gasteiger partial charge in [-0.05, 0) is 107 Å². The molecule has 3 saturated heterocycles. The Bertz CT molecular complexity index is 557. The van der Waals surface area contributed by atoms with Gasteiger partial charge in [0.15, 0.2) is 0 Å². The summed E-state index contributed by atoms with van der Waals surface area (Å²) in [5.41, 5.74) is 0. The number of rotatable bonds is 0. The van der Waals surface area contributed by atoms with Crippen molar-refractivity contribution in [2.45, 2.75) is 116 Å². The van der Waals surface area contributed by atoms with E-state index in [1.54, 1.807) is 0 Å². The zero-order chi connectivity index (χ0) is 22.7. The van der Waals surface area contributed by atoms with Crippen LogP contribution in [0.3, 0.4) is 0 Å². The van der Waals surface area contributed by atoms with E-state index in [2.05, 4.69) is 28.9 Å². The highest BCUT2D eigenvalue weighted by Gasteiger charge is 2.38. The molecule has 190 valence electrons. The molecule has 0 amide bonds. The molecule has 5 heterocycles. The normalized spacial score (nSPS) is 40.7. The van der Waals surface area contributed by atoms with E-state index in [1.165, 1.54) is 148 Å². The van der Waals surface area contributed by atoms with Crippen LogP contribution in [0.15, 0.2) is 12.2 Å². The van der Waals surface area contributed by atoms with Gasteiger partial charge in [-0.1, -0.05) is 70.4 Å². The van der Waals surface area contributed by atoms with Gasteiger partial charge < -0.3 is 9.80 Å². The van der Waals surface area contributed by atoms with Crippen molar-refractivity contribution in [3.63, 3.8) is 0 Å². The first-order chi connectivity index (χ1) is 16.3. The lowest BCUT2D eigenvalue weighted by Crippen LogP contribution is -2.49. The summed E-state index contributed by atoms with van der Waals surface area (Å²) in [7, 11) is 0. The molecule has 33 heavy (non-hydrogen) atoms. The van der Waals surface area contributed by atoms with Crippen molar-refractivity contribution in [3.05, 3.63) is 12.2 Å². The van der Waals surface area contributed by atoms with E-state index < -0.39 is 0 Å². The SMILES string of the molecule is C[C@H]1CCCCCCC[C@@H]2CN3CCCCCCC=CCC[C@H]4C[C@H](CN(CC1)C4)[C@H]2CC3. The van der Waals surface area contributed by atoms with Gasteiger partial charge in [-0.15, -0.1) is 0 Å². The highest BCUT2D eigenvalue weighted by molar-refractivity contribution is 4.92. The Morgan fingerprint density at radius 1 is 0.545 bits per heavy atom. The summed E-state index contributed by atoms with van der Waals surface area (Å²) in [4.78, 5) is 5.82. The smallest absolute Gasteiger partial charge is 0.00127 e. The van der Waals surface area contributed by atoms with Crippen LogP contribution in [0.4, 0.5) is 0 Å². The van der Waals surface area contributed by atoms with E-state index in [1.807, 2.05) is 0 Å². The summed E-state index contributed by atoms with van der Waals surface area (Å²) < 4.78 is 0. The van der Waals surface area contributed by atoms with Crippen molar-refractivity contribution >= 4 is 0 Å². The Morgan fingerprint density at radius 2 is 1.27 bits per heavy atom. The van der Waals surface area contributed by atoms with E-state index in [-0.39, 0.29) is 0 Å². The molecule has 5 aliphatic heterocycles. The van der Waals surface area contributed by atoms with Crippen LogP contribution in [0.1, 0.15) is 116 Å². The second kappa shape index (κ2) is 14.3. The summed E-state index contributed by atoms with van der Waals surface area (Å²) >= 11 is 0. The molecular formula is C31H56N2. The quantitative estimate of drug-likeness (QED) is 0.341. The van der Waals surface area contributed by atoms with E-state index in [0.717, 1.165) is 29.6 Å². The molecule has 0 aromatic rings. The molecule has 0 saturated carbocycles. The van der Waals surface area contributed by atoms with Crippen molar-refractivity contribution in [1.29, 1.82) is 0 Å². The molecule has 5 aliphatic rings. The second-order valence-corrected chi connectivity index (χ2v) is 12.6. The molecule has 7 atom stereocenters. The number of piperidine rings is 2. The van der Waals surface area contributed by atoms with Crippen LogP contribution in [-0.2, 0) is 0 Å². The second-order valence-electron chi connectivity index (χ2n) is 12.6. The number of hydrogen-bond donors (Lipinski definition) is 0. The predicted molar refractivity (Wildman–Crippen MR) is 144 cm³/mol. The van der Waals surface area contributed by atoms with Gasteiger partial charge in [0.05, 0.1) is 0 Å². The summed E-state index contributed by atoms with van der Waals surface area (Å²) in [6.07, 6.45) is 29.7. The average molecular weight is 457 g/mol. The van der Waals surface area contributed by atoms with Crippen LogP contribution in [0.5, 0.6) is 0 Å². The molecule has 0 N–H and O–H groups in total. The van der Waals surface area contributed by atoms with E-state index >= 15 is 0 Å². The fraction of sp³-hybridized carbons (Fsp3) is 0.935. The van der Waals surface area contributed by atoms with Crippen molar-refractivity contribution in [3.8, 4) is 0 Å². The fourth-order valence-corrected chi connectivity index (χ4v) is 7.80. The lowest BCUT2D eigenvalue weighted by Gasteiger charge is -2.47. The molecule has 2 heteroatoms. The minimum absolute atomic E-state index is 0.919. The zero-order valence-electron chi connectivity index (χ0n) is 22.2. The van der Waals surface area contributed by atoms with Crippen molar-refractivity contribution in [2.75, 3.05) is 39.3 Å². The Kier molecular flexibility index (Phi) is 11.1. The van der Waals surface area contributed by atoms with Crippen molar-refractivity contribution < 1.29 is 0 Å². The minimum atomic E-state index is 0.919. The van der Waals surface area contributed by atoms with E-state index in [0.29, 0.717) is 0 Å². The first-order valence-corrected chi connectivity index (χ1v) is 15.4. The lowest BCUT2D eigenvalue weighted by molar-refractivity contribution is 0.0182. The molecule has 2 nitrogen and oxygen atoms in total. The van der Waals surface area contributed by atoms with Gasteiger partial charge >= 0.3 is 0 Å². The van der Waals surface area contributed by atoms with Crippen LogP contribution in [0.2, 0.25) is 0 Å². The topological polar surface area (TPSA) is 6.48 Å². The zero-order valence-corrected chi connectivity index (χ0v) is 22.2. The van der Waals surface area contributed by atoms with Gasteiger partial charge in [-0.2, -0.15) is 0 Å². The van der Waals surface area contributed by atoms with Gasteiger partial charge in [0.2, 0.25) is 0 Å². The predicted octanol–water partition coefficient (Wildman–Crippen LogP) is 7.93. The molecule has 0 aromatic carbocycles. The van der Waals surface area contributed by atoms with Crippen molar-refractivity contribution in [2.24, 2.45) is 29.6 Å². The standard InChI is InChI=1S/C31H56N2/c1-27-15-11-7-6-9-13-17-29-25-32-20-14-10-5-3-2-4-8-12-16-28-23-30(31(29)19-22-32)26-33(24-28)21-18-27/h4,8,27-31H,2-3,5-7,9-26H2,1H3/t27-,28-,29+,30+,31-/m0/s1. The molecule has 0 radical (unpaired) electrons. The first kappa shape index (κ1) is 25.7. The number of hydrogen-bond acceptors (Lipinski definition) is 2. The van der Waals surface area contributed by atoms with Gasteiger partial charge in [0.25, 0.3) is 0 Å². The maximum Gasteiger partial charge on any atom is 0.00127 e. The van der Waals surface area contributed by atoms with Crippen LogP contribution in [0, 0.1) is 29.6 Å². The lowest BCUT2D eigenvalue weighted by atomic mass is 9.69. The highest BCUT2D eigenvalue weighted by Crippen LogP contribution is 2.40. The fourth-order valence-electron chi connectivity index (χ4n) is 7.80. The Morgan fingerprint density at radius 3 is 2.21 bits per heavy atom. The minimum Gasteiger partial charge on any atom is -0.303 e. The van der Waals surface area contributed by atoms with Gasteiger partial charge in [0.1, 0.15) is 0 Å². The summed E-state index contributed by atoms with van der Waals surface area (Å²) in [5, 5.41) is 0. The van der Waals surface area contributed by atoms with Crippen LogP contribution < -0.4 is 0 Å². The Hall–Kier alpha value is -0.340. The molecule has 3 fully saturated rings. The Labute approximate surface area is 206 Å². The van der Waals surface area contributed by atoms with Crippen LogP contribution >= 0.6 is 0 Å². The van der Waals surface area contributed by atoms with Crippen LogP contribution in [0.25, 0.3) is 0 Å². The molecular weight excluding hydrogens is 400 g/mol. The monoisotopic (exact) mass is 456 g/mol. The van der Waals surface area contributed by atoms with E-state index in [4.69, 9.17) is 0 Å². The third-order valence-electron chi connectivity index (χ3n) is 9.84. The summed E-state index contributed by atoms with van der Waals surface area (Å²) in [6.45, 7) is 10.9. The number of nitrogens with zero attached hydrogens (tertiary/aromatic N) is 2. The van der Waals surface area contributed by atoms with Gasteiger partial charge in [-0.25, -0.2) is 0 Å². The summed E-state index contributed by atoms with van der Waals surface area (Å²) in [6, 6.07) is 0. The third-order valence-corrected chi connectivity index (χ3v) is 9.84. The molecule has 0 spiro atoms. The Balaban J connectivity index is 1.49. The number of allylic oxidation sites excluding steroid dienone is 2. The maximum atomic E-state index is 2.94.